The Balaban J connectivity index is 0.000000956. The summed E-state index contributed by atoms with van der Waals surface area (Å²) in [6, 6.07) is 8.42. The van der Waals surface area contributed by atoms with E-state index in [2.05, 4.69) is 49.4 Å². The third-order valence-electron chi connectivity index (χ3n) is 3.00. The molecular weight excluding hydrogens is 246 g/mol. The molecule has 2 heteroatoms. The molecule has 0 saturated heterocycles. The molecule has 0 bridgehead atoms. The molecule has 0 radical (unpaired) electrons. The van der Waals surface area contributed by atoms with Gasteiger partial charge in [-0.2, -0.15) is 5.26 Å². The van der Waals surface area contributed by atoms with Crippen LogP contribution >= 0.6 is 0 Å². The number of allylic oxidation sites excluding steroid dienone is 1. The minimum absolute atomic E-state index is 0.554. The Morgan fingerprint density at radius 2 is 2.10 bits per heavy atom. The Morgan fingerprint density at radius 1 is 1.30 bits per heavy atom. The topological polar surface area (TPSA) is 33.0 Å². The van der Waals surface area contributed by atoms with Gasteiger partial charge in [0.15, 0.2) is 0 Å². The van der Waals surface area contributed by atoms with Crippen molar-refractivity contribution in [3.8, 4) is 6.07 Å². The average Bonchev–Trinajstić information content (AvgIpc) is 2.69. The molecule has 1 aliphatic rings. The summed E-state index contributed by atoms with van der Waals surface area (Å²) >= 11 is 0. The smallest absolute Gasteiger partial charge is 0.100 e. The normalized spacial score (nSPS) is 12.2. The highest BCUT2D eigenvalue weighted by Crippen LogP contribution is 2.24. The van der Waals surface area contributed by atoms with Crippen molar-refractivity contribution in [3.63, 3.8) is 0 Å². The third kappa shape index (κ3) is 4.59. The first-order valence-electron chi connectivity index (χ1n) is 7.28. The fourth-order valence-corrected chi connectivity index (χ4v) is 2.04. The van der Waals surface area contributed by atoms with Gasteiger partial charge in [0.25, 0.3) is 0 Å². The molecule has 0 aliphatic heterocycles. The lowest BCUT2D eigenvalue weighted by atomic mass is 10.0. The lowest BCUT2D eigenvalue weighted by Gasteiger charge is -2.08. The van der Waals surface area contributed by atoms with E-state index in [1.54, 1.807) is 0 Å². The molecule has 2 nitrogen and oxygen atoms in total. The van der Waals surface area contributed by atoms with Crippen LogP contribution in [0.15, 0.2) is 30.0 Å². The van der Waals surface area contributed by atoms with Gasteiger partial charge in [-0.1, -0.05) is 44.2 Å². The first-order chi connectivity index (χ1) is 9.81. The summed E-state index contributed by atoms with van der Waals surface area (Å²) in [7, 11) is 0. The number of nitriles is 1. The molecule has 0 amide bonds. The molecule has 1 aliphatic carbocycles. The van der Waals surface area contributed by atoms with Crippen LogP contribution < -0.4 is 0 Å². The Bertz CT molecular complexity index is 521. The Kier molecular flexibility index (Phi) is 7.21. The molecule has 106 valence electrons. The molecule has 20 heavy (non-hydrogen) atoms. The Hall–Kier alpha value is -2.01. The zero-order valence-electron chi connectivity index (χ0n) is 12.6. The van der Waals surface area contributed by atoms with Crippen LogP contribution in [-0.4, -0.2) is 6.61 Å². The maximum atomic E-state index is 8.48. The van der Waals surface area contributed by atoms with Gasteiger partial charge in [0.05, 0.1) is 12.7 Å². The summed E-state index contributed by atoms with van der Waals surface area (Å²) in [5.74, 6) is 0.980. The van der Waals surface area contributed by atoms with Crippen LogP contribution in [-0.2, 0) is 4.74 Å². The van der Waals surface area contributed by atoms with Crippen LogP contribution in [0, 0.1) is 18.3 Å². The zero-order valence-corrected chi connectivity index (χ0v) is 12.6. The van der Waals surface area contributed by atoms with Gasteiger partial charge < -0.3 is 4.74 Å². The van der Waals surface area contributed by atoms with E-state index in [1.165, 1.54) is 16.7 Å². The van der Waals surface area contributed by atoms with Gasteiger partial charge in [0.2, 0.25) is 0 Å². The highest BCUT2D eigenvalue weighted by molar-refractivity contribution is 5.70. The van der Waals surface area contributed by atoms with Crippen LogP contribution in [0.25, 0.3) is 12.2 Å². The van der Waals surface area contributed by atoms with Gasteiger partial charge in [-0.15, -0.1) is 0 Å². The fraction of sp³-hybridized carbons (Fsp3) is 0.389. The van der Waals surface area contributed by atoms with E-state index >= 15 is 0 Å². The number of fused-ring (bicyclic) bond motifs is 1. The number of hydrogen-bond donors (Lipinski definition) is 0. The lowest BCUT2D eigenvalue weighted by molar-refractivity contribution is 0.208. The number of rotatable bonds is 4. The molecule has 0 aromatic heterocycles. The van der Waals surface area contributed by atoms with E-state index in [0.717, 1.165) is 18.6 Å². The molecule has 0 spiro atoms. The second kappa shape index (κ2) is 8.98. The van der Waals surface area contributed by atoms with Gasteiger partial charge >= 0.3 is 0 Å². The largest absolute Gasteiger partial charge is 0.498 e. The minimum atomic E-state index is 0.554. The monoisotopic (exact) mass is 269 g/mol. The molecule has 0 fully saturated rings. The van der Waals surface area contributed by atoms with E-state index in [4.69, 9.17) is 10.00 Å². The molecule has 2 rings (SSSR count). The summed E-state index contributed by atoms with van der Waals surface area (Å²) in [5, 5.41) is 8.48. The highest BCUT2D eigenvalue weighted by Gasteiger charge is 2.06. The van der Waals surface area contributed by atoms with E-state index in [-0.39, 0.29) is 0 Å². The highest BCUT2D eigenvalue weighted by atomic mass is 16.5. The quantitative estimate of drug-likeness (QED) is 0.712. The minimum Gasteiger partial charge on any atom is -0.498 e. The standard InChI is InChI=1S/C16H17NO.C2H6/c1-13-6-4-7-14-12-15(8-5-9-16(13)14)18-11-3-2-10-17;1-2/h4-7,9,12H,2-3,8,11H2,1H3;1-2H3. The Morgan fingerprint density at radius 3 is 2.85 bits per heavy atom. The SMILES string of the molecule is CC.Cc1cccc2c1C=CCC(OCCCC#N)=C2. The van der Waals surface area contributed by atoms with Crippen molar-refractivity contribution in [2.24, 2.45) is 0 Å². The summed E-state index contributed by atoms with van der Waals surface area (Å²) in [6.45, 7) is 6.74. The second-order valence-corrected chi connectivity index (χ2v) is 4.41. The summed E-state index contributed by atoms with van der Waals surface area (Å²) < 4.78 is 5.72. The number of unbranched alkanes of at least 4 members (excludes halogenated alkanes) is 1. The summed E-state index contributed by atoms with van der Waals surface area (Å²) in [4.78, 5) is 0. The summed E-state index contributed by atoms with van der Waals surface area (Å²) in [5.41, 5.74) is 3.76. The van der Waals surface area contributed by atoms with E-state index in [9.17, 15) is 0 Å². The van der Waals surface area contributed by atoms with Crippen molar-refractivity contribution >= 4 is 12.2 Å². The number of ether oxygens (including phenoxy) is 1. The van der Waals surface area contributed by atoms with Gasteiger partial charge in [0.1, 0.15) is 5.76 Å². The molecule has 0 N–H and O–H groups in total. The number of nitrogens with zero attached hydrogens (tertiary/aromatic N) is 1. The van der Waals surface area contributed by atoms with E-state index in [0.29, 0.717) is 13.0 Å². The van der Waals surface area contributed by atoms with Crippen molar-refractivity contribution in [1.29, 1.82) is 5.26 Å². The molecule has 0 atom stereocenters. The van der Waals surface area contributed by atoms with Crippen LogP contribution in [0.2, 0.25) is 0 Å². The summed E-state index contributed by atoms with van der Waals surface area (Å²) in [6.07, 6.45) is 8.56. The number of benzene rings is 1. The van der Waals surface area contributed by atoms with Crippen molar-refractivity contribution < 1.29 is 4.74 Å². The van der Waals surface area contributed by atoms with Crippen molar-refractivity contribution in [1.82, 2.24) is 0 Å². The van der Waals surface area contributed by atoms with Gasteiger partial charge in [0, 0.05) is 12.8 Å². The lowest BCUT2D eigenvalue weighted by Crippen LogP contribution is -1.94. The number of hydrogen-bond acceptors (Lipinski definition) is 2. The van der Waals surface area contributed by atoms with E-state index in [1.807, 2.05) is 13.8 Å². The molecule has 0 unspecified atom stereocenters. The maximum absolute atomic E-state index is 8.48. The van der Waals surface area contributed by atoms with Crippen LogP contribution in [0.4, 0.5) is 0 Å². The zero-order chi connectivity index (χ0) is 14.8. The van der Waals surface area contributed by atoms with Gasteiger partial charge in [-0.25, -0.2) is 0 Å². The van der Waals surface area contributed by atoms with E-state index < -0.39 is 0 Å². The maximum Gasteiger partial charge on any atom is 0.100 e. The molecule has 1 aromatic rings. The van der Waals surface area contributed by atoms with Crippen LogP contribution in [0.5, 0.6) is 0 Å². The Labute approximate surface area is 122 Å². The molecular formula is C18H23NO. The molecule has 1 aromatic carbocycles. The average molecular weight is 269 g/mol. The van der Waals surface area contributed by atoms with Gasteiger partial charge in [-0.3, -0.25) is 0 Å². The van der Waals surface area contributed by atoms with Crippen LogP contribution in [0.3, 0.4) is 0 Å². The molecule has 0 heterocycles. The first-order valence-corrected chi connectivity index (χ1v) is 7.28. The van der Waals surface area contributed by atoms with Crippen molar-refractivity contribution in [3.05, 3.63) is 46.7 Å². The fourth-order valence-electron chi connectivity index (χ4n) is 2.04. The van der Waals surface area contributed by atoms with Gasteiger partial charge in [-0.05, 0) is 36.1 Å². The van der Waals surface area contributed by atoms with Crippen molar-refractivity contribution in [2.75, 3.05) is 6.61 Å². The van der Waals surface area contributed by atoms with Crippen LogP contribution in [0.1, 0.15) is 49.8 Å². The third-order valence-corrected chi connectivity index (χ3v) is 3.00. The van der Waals surface area contributed by atoms with Crippen molar-refractivity contribution in [2.45, 2.75) is 40.0 Å². The molecule has 0 saturated carbocycles. The predicted molar refractivity (Wildman–Crippen MR) is 85.0 cm³/mol. The number of aryl methyl sites for hydroxylation is 1. The predicted octanol–water partition coefficient (Wildman–Crippen LogP) is 5.10. The second-order valence-electron chi connectivity index (χ2n) is 4.41. The first kappa shape index (κ1) is 16.0.